The van der Waals surface area contributed by atoms with E-state index in [9.17, 15) is 43.2 Å². The number of phosphoric ester groups is 2. The van der Waals surface area contributed by atoms with Gasteiger partial charge in [-0.1, -0.05) is 297 Å². The molecule has 0 radical (unpaired) electrons. The quantitative estimate of drug-likeness (QED) is 0.0169. The van der Waals surface area contributed by atoms with E-state index in [0.29, 0.717) is 25.7 Å². The van der Waals surface area contributed by atoms with Gasteiger partial charge in [0.15, 0.2) is 12.2 Å². The van der Waals surface area contributed by atoms with Gasteiger partial charge in [-0.2, -0.15) is 0 Å². The van der Waals surface area contributed by atoms with Gasteiger partial charge in [-0.05, 0) is 69.1 Å². The lowest BCUT2D eigenvalue weighted by molar-refractivity contribution is -0.161. The van der Waals surface area contributed by atoms with Crippen LogP contribution in [0.4, 0.5) is 0 Å². The zero-order valence-corrected chi connectivity index (χ0v) is 62.0. The Balaban J connectivity index is 5.28. The number of aliphatic hydroxyl groups is 1. The second-order valence-corrected chi connectivity index (χ2v) is 29.9. The molecule has 0 aromatic rings. The fraction of sp³-hybridized carbons (Fsp3) is 0.892. The van der Waals surface area contributed by atoms with Crippen molar-refractivity contribution in [2.45, 2.75) is 369 Å². The second-order valence-electron chi connectivity index (χ2n) is 27.0. The van der Waals surface area contributed by atoms with Crippen LogP contribution in [0.3, 0.4) is 0 Å². The van der Waals surface area contributed by atoms with Gasteiger partial charge in [0, 0.05) is 25.7 Å². The summed E-state index contributed by atoms with van der Waals surface area (Å²) in [5, 5.41) is 10.6. The summed E-state index contributed by atoms with van der Waals surface area (Å²) in [4.78, 5) is 72.7. The first-order valence-electron chi connectivity index (χ1n) is 37.7. The van der Waals surface area contributed by atoms with Crippen LogP contribution in [0, 0.1) is 17.8 Å². The monoisotopic (exact) mass is 1360 g/mol. The van der Waals surface area contributed by atoms with Gasteiger partial charge in [0.1, 0.15) is 19.3 Å². The number of aliphatic hydroxyl groups excluding tert-OH is 1. The highest BCUT2D eigenvalue weighted by Crippen LogP contribution is 2.45. The van der Waals surface area contributed by atoms with Gasteiger partial charge in [-0.15, -0.1) is 0 Å². The van der Waals surface area contributed by atoms with Crippen LogP contribution in [0.15, 0.2) is 24.3 Å². The Morgan fingerprint density at radius 2 is 0.634 bits per heavy atom. The lowest BCUT2D eigenvalue weighted by Crippen LogP contribution is -2.30. The Labute approximate surface area is 567 Å². The second kappa shape index (κ2) is 64.2. The molecule has 7 atom stereocenters. The topological polar surface area (TPSA) is 237 Å². The molecule has 0 aliphatic heterocycles. The van der Waals surface area contributed by atoms with Crippen molar-refractivity contribution in [1.82, 2.24) is 0 Å². The number of rotatable bonds is 70. The number of unbranched alkanes of at least 4 members (excludes halogenated alkanes) is 33. The van der Waals surface area contributed by atoms with Crippen LogP contribution in [-0.4, -0.2) is 96.7 Å². The van der Waals surface area contributed by atoms with Gasteiger partial charge in [0.2, 0.25) is 0 Å². The average molecular weight is 1360 g/mol. The number of allylic oxidation sites excluding steroid dienone is 4. The van der Waals surface area contributed by atoms with Crippen LogP contribution in [0.2, 0.25) is 0 Å². The summed E-state index contributed by atoms with van der Waals surface area (Å²) in [7, 11) is -9.92. The van der Waals surface area contributed by atoms with Gasteiger partial charge < -0.3 is 33.8 Å². The number of esters is 4. The van der Waals surface area contributed by atoms with E-state index >= 15 is 0 Å². The molecule has 0 rings (SSSR count). The van der Waals surface area contributed by atoms with Crippen LogP contribution in [0.1, 0.15) is 350 Å². The molecule has 0 aromatic carbocycles. The molecule has 548 valence electrons. The van der Waals surface area contributed by atoms with Crippen molar-refractivity contribution < 1.29 is 80.2 Å². The third-order valence-electron chi connectivity index (χ3n) is 17.2. The van der Waals surface area contributed by atoms with E-state index in [-0.39, 0.29) is 25.7 Å². The first kappa shape index (κ1) is 90.5. The maximum absolute atomic E-state index is 13.0. The Morgan fingerprint density at radius 3 is 0.957 bits per heavy atom. The zero-order chi connectivity index (χ0) is 68.7. The zero-order valence-electron chi connectivity index (χ0n) is 60.2. The van der Waals surface area contributed by atoms with Crippen molar-refractivity contribution in [3.05, 3.63) is 24.3 Å². The van der Waals surface area contributed by atoms with E-state index in [2.05, 4.69) is 72.8 Å². The molecular formula is C74H140O17P2. The lowest BCUT2D eigenvalue weighted by atomic mass is 9.99. The normalized spacial score (nSPS) is 14.9. The molecular weight excluding hydrogens is 1220 g/mol. The Kier molecular flexibility index (Phi) is 62.5. The summed E-state index contributed by atoms with van der Waals surface area (Å²) in [6.07, 6.45) is 52.1. The van der Waals surface area contributed by atoms with Gasteiger partial charge in [0.25, 0.3) is 0 Å². The molecule has 3 N–H and O–H groups in total. The molecule has 4 unspecified atom stereocenters. The van der Waals surface area contributed by atoms with Crippen LogP contribution in [0.5, 0.6) is 0 Å². The van der Waals surface area contributed by atoms with Crippen molar-refractivity contribution >= 4 is 39.5 Å². The molecule has 93 heavy (non-hydrogen) atoms. The number of hydrogen-bond donors (Lipinski definition) is 3. The SMILES string of the molecule is CCCCCC/C=C\C=C/CCCCCCCC(=O)O[C@H](COC(=O)CCCCCCCCC(C)CC)COP(=O)(O)OC[C@H](O)COP(=O)(O)OC[C@@H](COC(=O)CCCCCCCCCCCCCCCC(C)C)OC(=O)CCCCCCCCCCC(C)CC. The van der Waals surface area contributed by atoms with Crippen LogP contribution >= 0.6 is 15.6 Å². The summed E-state index contributed by atoms with van der Waals surface area (Å²) in [5.41, 5.74) is 0. The first-order valence-corrected chi connectivity index (χ1v) is 40.7. The van der Waals surface area contributed by atoms with E-state index in [0.717, 1.165) is 127 Å². The summed E-state index contributed by atoms with van der Waals surface area (Å²) in [6, 6.07) is 0. The third-order valence-corrected chi connectivity index (χ3v) is 19.1. The first-order chi connectivity index (χ1) is 44.8. The predicted octanol–water partition coefficient (Wildman–Crippen LogP) is 21.0. The maximum Gasteiger partial charge on any atom is 0.472 e. The molecule has 0 aromatic heterocycles. The molecule has 19 heteroatoms. The highest BCUT2D eigenvalue weighted by atomic mass is 31.2. The van der Waals surface area contributed by atoms with Gasteiger partial charge in [-0.25, -0.2) is 9.13 Å². The lowest BCUT2D eigenvalue weighted by Gasteiger charge is -2.21. The molecule has 0 aliphatic carbocycles. The number of ether oxygens (including phenoxy) is 4. The molecule has 0 amide bonds. The minimum absolute atomic E-state index is 0.0837. The molecule has 0 saturated carbocycles. The fourth-order valence-electron chi connectivity index (χ4n) is 10.6. The highest BCUT2D eigenvalue weighted by molar-refractivity contribution is 7.47. The molecule has 17 nitrogen and oxygen atoms in total. The van der Waals surface area contributed by atoms with Crippen LogP contribution in [0.25, 0.3) is 0 Å². The Morgan fingerprint density at radius 1 is 0.355 bits per heavy atom. The molecule has 0 fully saturated rings. The fourth-order valence-corrected chi connectivity index (χ4v) is 12.2. The largest absolute Gasteiger partial charge is 0.472 e. The maximum atomic E-state index is 13.0. The molecule has 0 heterocycles. The Hall–Kier alpha value is -2.46. The average Bonchev–Trinajstić information content (AvgIpc) is 3.60. The van der Waals surface area contributed by atoms with Crippen LogP contribution < -0.4 is 0 Å². The van der Waals surface area contributed by atoms with Crippen molar-refractivity contribution in [2.24, 2.45) is 17.8 Å². The molecule has 0 aliphatic rings. The van der Waals surface area contributed by atoms with Gasteiger partial charge in [-0.3, -0.25) is 37.3 Å². The molecule has 0 spiro atoms. The summed E-state index contributed by atoms with van der Waals surface area (Å²) < 4.78 is 68.4. The van der Waals surface area contributed by atoms with E-state index in [1.165, 1.54) is 141 Å². The standard InChI is InChI=1S/C74H140O17P2/c1-8-11-12-13-14-15-16-17-18-21-25-28-34-43-50-57-73(78)90-70(62-85-72(77)56-49-42-37-36-40-47-54-67(7)10-3)64-89-93(82,83)87-60-68(75)59-86-92(80,81)88-63-69(91-74(79)58-51-44-35-30-29-32-39-46-53-66(6)9-2)61-84-71(76)55-48-41-33-27-24-22-19-20-23-26-31-38-45-52-65(4)5/h15-18,65-70,75H,8-14,19-64H2,1-7H3,(H,80,81)(H,82,83)/b16-15-,18-17-/t66?,67?,68-,69-,70-/m1/s1. The third kappa shape index (κ3) is 65.3. The summed E-state index contributed by atoms with van der Waals surface area (Å²) in [6.45, 7) is 11.8. The van der Waals surface area contributed by atoms with E-state index in [4.69, 9.17) is 37.0 Å². The van der Waals surface area contributed by atoms with Crippen molar-refractivity contribution in [2.75, 3.05) is 39.6 Å². The summed E-state index contributed by atoms with van der Waals surface area (Å²) >= 11 is 0. The Bertz CT molecular complexity index is 1920. The van der Waals surface area contributed by atoms with E-state index in [1.54, 1.807) is 0 Å². The minimum atomic E-state index is -4.96. The molecule has 0 saturated heterocycles. The van der Waals surface area contributed by atoms with E-state index < -0.39 is 97.5 Å². The molecule has 0 bridgehead atoms. The van der Waals surface area contributed by atoms with E-state index in [1.807, 2.05) is 0 Å². The van der Waals surface area contributed by atoms with Crippen molar-refractivity contribution in [3.63, 3.8) is 0 Å². The smallest absolute Gasteiger partial charge is 0.462 e. The summed E-state index contributed by atoms with van der Waals surface area (Å²) in [5.74, 6) is 0.131. The minimum Gasteiger partial charge on any atom is -0.462 e. The predicted molar refractivity (Wildman–Crippen MR) is 377 cm³/mol. The number of carbonyl (C=O) groups excluding carboxylic acids is 4. The van der Waals surface area contributed by atoms with Gasteiger partial charge in [0.05, 0.1) is 26.4 Å². The highest BCUT2D eigenvalue weighted by Gasteiger charge is 2.30. The van der Waals surface area contributed by atoms with Crippen LogP contribution in [-0.2, 0) is 65.4 Å². The van der Waals surface area contributed by atoms with Crippen molar-refractivity contribution in [1.29, 1.82) is 0 Å². The number of carbonyl (C=O) groups is 4. The van der Waals surface area contributed by atoms with Gasteiger partial charge >= 0.3 is 39.5 Å². The number of phosphoric acid groups is 2. The number of hydrogen-bond acceptors (Lipinski definition) is 15. The van der Waals surface area contributed by atoms with Crippen molar-refractivity contribution in [3.8, 4) is 0 Å².